The van der Waals surface area contributed by atoms with Crippen molar-refractivity contribution in [3.05, 3.63) is 47.6 Å². The lowest BCUT2D eigenvalue weighted by Crippen LogP contribution is -2.66. The summed E-state index contributed by atoms with van der Waals surface area (Å²) in [4.78, 5) is 37.4. The molecule has 5 rings (SSSR count). The van der Waals surface area contributed by atoms with Crippen LogP contribution in [0.1, 0.15) is 46.5 Å². The molecule has 8 heteroatoms. The van der Waals surface area contributed by atoms with E-state index in [-0.39, 0.29) is 25.4 Å². The highest BCUT2D eigenvalue weighted by atomic mass is 16.6. The van der Waals surface area contributed by atoms with Gasteiger partial charge in [-0.2, -0.15) is 0 Å². The molecule has 0 N–H and O–H groups in total. The molecule has 0 amide bonds. The standard InChI is InChI=1S/C27H32O8/c1-17-8-10-26-15-32-24(30)13-18(2)9-11-31-22(28)6-4-5-7-23(29)35-19-14-21(34-20(26)12-17)27(16-33-27)25(19,26)3/h4-7,12-13,19-21H,8-11,14-16H2,1-3H3/b6-4-,7-5-,18-13-/t19-,20-,21-,25-,26-,27-/m1/s1. The summed E-state index contributed by atoms with van der Waals surface area (Å²) >= 11 is 0. The first-order chi connectivity index (χ1) is 16.7. The van der Waals surface area contributed by atoms with Gasteiger partial charge in [-0.15, -0.1) is 0 Å². The number of cyclic esters (lactones) is 2. The van der Waals surface area contributed by atoms with Gasteiger partial charge in [-0.1, -0.05) is 36.3 Å². The molecule has 35 heavy (non-hydrogen) atoms. The average molecular weight is 485 g/mol. The van der Waals surface area contributed by atoms with Crippen molar-refractivity contribution in [2.24, 2.45) is 10.8 Å². The second-order valence-electron chi connectivity index (χ2n) is 10.5. The number of epoxide rings is 1. The lowest BCUT2D eigenvalue weighted by Gasteiger charge is -2.58. The molecule has 1 saturated carbocycles. The first kappa shape index (κ1) is 24.0. The minimum Gasteiger partial charge on any atom is -0.462 e. The zero-order valence-corrected chi connectivity index (χ0v) is 20.4. The van der Waals surface area contributed by atoms with Gasteiger partial charge < -0.3 is 23.7 Å². The maximum absolute atomic E-state index is 12.8. The first-order valence-corrected chi connectivity index (χ1v) is 12.2. The molecular formula is C27H32O8. The number of hydrogen-bond acceptors (Lipinski definition) is 8. The summed E-state index contributed by atoms with van der Waals surface area (Å²) in [6.07, 6.45) is 10.5. The van der Waals surface area contributed by atoms with Crippen molar-refractivity contribution in [1.29, 1.82) is 0 Å². The summed E-state index contributed by atoms with van der Waals surface area (Å²) in [6.45, 7) is 6.77. The minimum absolute atomic E-state index is 0.125. The molecule has 2 aliphatic carbocycles. The van der Waals surface area contributed by atoms with Gasteiger partial charge in [0.05, 0.1) is 30.8 Å². The van der Waals surface area contributed by atoms with Gasteiger partial charge in [-0.3, -0.25) is 0 Å². The molecule has 2 bridgehead atoms. The van der Waals surface area contributed by atoms with Crippen LogP contribution in [0.25, 0.3) is 0 Å². The van der Waals surface area contributed by atoms with Crippen LogP contribution in [0.2, 0.25) is 0 Å². The molecular weight excluding hydrogens is 452 g/mol. The third kappa shape index (κ3) is 3.87. The van der Waals surface area contributed by atoms with E-state index in [4.69, 9.17) is 23.7 Å². The van der Waals surface area contributed by atoms with Crippen molar-refractivity contribution in [3.63, 3.8) is 0 Å². The molecule has 2 saturated heterocycles. The largest absolute Gasteiger partial charge is 0.462 e. The molecule has 2 spiro atoms. The van der Waals surface area contributed by atoms with Gasteiger partial charge in [0, 0.05) is 36.5 Å². The number of hydrogen-bond donors (Lipinski definition) is 0. The van der Waals surface area contributed by atoms with E-state index < -0.39 is 40.4 Å². The van der Waals surface area contributed by atoms with E-state index in [1.807, 2.05) is 0 Å². The van der Waals surface area contributed by atoms with Crippen LogP contribution in [-0.2, 0) is 38.1 Å². The SMILES string of the molecule is CC1=C[C@H]2O[C@@H]3C[C@H]4OC(=O)/C=C\C=C/C(=O)OCC/C(C)=C\C(=O)OC[C@@]2(CC1)[C@]4(C)[C@@]31CO1. The number of allylic oxidation sites excluding steroid dienone is 3. The van der Waals surface area contributed by atoms with Crippen molar-refractivity contribution in [2.45, 2.75) is 70.4 Å². The predicted molar refractivity (Wildman–Crippen MR) is 124 cm³/mol. The quantitative estimate of drug-likeness (QED) is 0.224. The molecule has 3 heterocycles. The van der Waals surface area contributed by atoms with Crippen LogP contribution in [0.5, 0.6) is 0 Å². The minimum atomic E-state index is -0.613. The number of rotatable bonds is 0. The summed E-state index contributed by atoms with van der Waals surface area (Å²) < 4.78 is 29.7. The summed E-state index contributed by atoms with van der Waals surface area (Å²) in [6, 6.07) is 0. The van der Waals surface area contributed by atoms with E-state index >= 15 is 0 Å². The highest BCUT2D eigenvalue weighted by Gasteiger charge is 2.83. The zero-order chi connectivity index (χ0) is 24.8. The fourth-order valence-corrected chi connectivity index (χ4v) is 6.46. The van der Waals surface area contributed by atoms with Crippen molar-refractivity contribution in [1.82, 2.24) is 0 Å². The Balaban J connectivity index is 1.53. The van der Waals surface area contributed by atoms with E-state index in [2.05, 4.69) is 19.9 Å². The second kappa shape index (κ2) is 8.75. The number of ether oxygens (including phenoxy) is 5. The second-order valence-corrected chi connectivity index (χ2v) is 10.5. The molecule has 0 aromatic heterocycles. The molecule has 0 aromatic carbocycles. The molecule has 0 aromatic rings. The highest BCUT2D eigenvalue weighted by molar-refractivity contribution is 5.85. The normalized spacial score (nSPS) is 44.9. The van der Waals surface area contributed by atoms with Crippen LogP contribution < -0.4 is 0 Å². The van der Waals surface area contributed by atoms with E-state index in [0.717, 1.165) is 18.4 Å². The third-order valence-electron chi connectivity index (χ3n) is 8.63. The molecule has 8 nitrogen and oxygen atoms in total. The monoisotopic (exact) mass is 484 g/mol. The molecule has 5 aliphatic rings. The Labute approximate surface area is 204 Å². The molecule has 0 radical (unpaired) electrons. The van der Waals surface area contributed by atoms with Gasteiger partial charge in [0.15, 0.2) is 0 Å². The zero-order valence-electron chi connectivity index (χ0n) is 20.4. The third-order valence-corrected chi connectivity index (χ3v) is 8.63. The van der Waals surface area contributed by atoms with Crippen LogP contribution in [0.15, 0.2) is 47.6 Å². The highest BCUT2D eigenvalue weighted by Crippen LogP contribution is 2.72. The maximum Gasteiger partial charge on any atom is 0.331 e. The Bertz CT molecular complexity index is 1050. The van der Waals surface area contributed by atoms with Gasteiger partial charge in [-0.25, -0.2) is 14.4 Å². The Morgan fingerprint density at radius 2 is 1.63 bits per heavy atom. The van der Waals surface area contributed by atoms with Gasteiger partial charge in [-0.05, 0) is 26.7 Å². The van der Waals surface area contributed by atoms with Crippen LogP contribution >= 0.6 is 0 Å². The topological polar surface area (TPSA) is 101 Å². The maximum atomic E-state index is 12.8. The van der Waals surface area contributed by atoms with Crippen molar-refractivity contribution in [3.8, 4) is 0 Å². The molecule has 3 aliphatic heterocycles. The van der Waals surface area contributed by atoms with Crippen molar-refractivity contribution >= 4 is 17.9 Å². The van der Waals surface area contributed by atoms with Crippen LogP contribution in [0.4, 0.5) is 0 Å². The van der Waals surface area contributed by atoms with Gasteiger partial charge in [0.25, 0.3) is 0 Å². The molecule has 188 valence electrons. The Kier molecular flexibility index (Phi) is 6.00. The molecule has 6 atom stereocenters. The van der Waals surface area contributed by atoms with Gasteiger partial charge >= 0.3 is 17.9 Å². The van der Waals surface area contributed by atoms with Gasteiger partial charge in [0.1, 0.15) is 18.3 Å². The Hall–Kier alpha value is -2.71. The molecule has 3 fully saturated rings. The van der Waals surface area contributed by atoms with E-state index in [1.54, 1.807) is 6.92 Å². The van der Waals surface area contributed by atoms with Crippen LogP contribution in [0.3, 0.4) is 0 Å². The van der Waals surface area contributed by atoms with Crippen molar-refractivity contribution < 1.29 is 38.1 Å². The Morgan fingerprint density at radius 1 is 0.886 bits per heavy atom. The predicted octanol–water partition coefficient (Wildman–Crippen LogP) is 3.12. The summed E-state index contributed by atoms with van der Waals surface area (Å²) in [5.41, 5.74) is 0.194. The number of carbonyl (C=O) groups is 3. The fraction of sp³-hybridized carbons (Fsp3) is 0.593. The lowest BCUT2D eigenvalue weighted by molar-refractivity contribution is -0.232. The van der Waals surface area contributed by atoms with Crippen LogP contribution in [-0.4, -0.2) is 61.6 Å². The fourth-order valence-electron chi connectivity index (χ4n) is 6.46. The summed E-state index contributed by atoms with van der Waals surface area (Å²) in [7, 11) is 0. The average Bonchev–Trinajstić information content (AvgIpc) is 3.58. The molecule has 0 unspecified atom stereocenters. The Morgan fingerprint density at radius 3 is 2.37 bits per heavy atom. The number of carbonyl (C=O) groups excluding carboxylic acids is 3. The van der Waals surface area contributed by atoms with E-state index in [1.165, 1.54) is 36.0 Å². The lowest BCUT2D eigenvalue weighted by atomic mass is 9.51. The van der Waals surface area contributed by atoms with E-state index in [0.29, 0.717) is 19.4 Å². The van der Waals surface area contributed by atoms with Gasteiger partial charge in [0.2, 0.25) is 0 Å². The first-order valence-electron chi connectivity index (χ1n) is 12.2. The smallest absolute Gasteiger partial charge is 0.331 e. The van der Waals surface area contributed by atoms with E-state index in [9.17, 15) is 14.4 Å². The summed E-state index contributed by atoms with van der Waals surface area (Å²) in [5.74, 6) is -1.50. The summed E-state index contributed by atoms with van der Waals surface area (Å²) in [5, 5.41) is 0. The van der Waals surface area contributed by atoms with Crippen molar-refractivity contribution in [2.75, 3.05) is 19.8 Å². The van der Waals surface area contributed by atoms with Crippen LogP contribution in [0, 0.1) is 10.8 Å². The number of esters is 3.